The first kappa shape index (κ1) is 29.4. The average molecular weight is 598 g/mol. The smallest absolute Gasteiger partial charge is 0.255 e. The van der Waals surface area contributed by atoms with Gasteiger partial charge in [-0.15, -0.1) is 0 Å². The molecule has 2 amide bonds. The molecule has 2 atom stereocenters. The van der Waals surface area contributed by atoms with Crippen LogP contribution in [0, 0.1) is 0 Å². The topological polar surface area (TPSA) is 93.3 Å². The fourth-order valence-electron chi connectivity index (χ4n) is 6.64. The Bertz CT molecular complexity index is 1710. The Morgan fingerprint density at radius 2 is 1.68 bits per heavy atom. The highest BCUT2D eigenvalue weighted by molar-refractivity contribution is 6.01. The number of piperazine rings is 1. The Morgan fingerprint density at radius 3 is 2.43 bits per heavy atom. The number of carbonyl (C=O) groups is 2. The van der Waals surface area contributed by atoms with E-state index in [4.69, 9.17) is 18.9 Å². The summed E-state index contributed by atoms with van der Waals surface area (Å²) in [5.74, 6) is 2.15. The van der Waals surface area contributed by atoms with Crippen LogP contribution >= 0.6 is 0 Å². The second-order valence-electron chi connectivity index (χ2n) is 11.4. The van der Waals surface area contributed by atoms with E-state index in [1.165, 1.54) is 0 Å². The molecule has 0 aliphatic carbocycles. The van der Waals surface area contributed by atoms with Gasteiger partial charge >= 0.3 is 0 Å². The largest absolute Gasteiger partial charge is 0.493 e. The molecule has 1 aromatic heterocycles. The fraction of sp³-hybridized carbons (Fsp3) is 0.371. The van der Waals surface area contributed by atoms with Gasteiger partial charge in [-0.3, -0.25) is 9.59 Å². The molecule has 0 unspecified atom stereocenters. The summed E-state index contributed by atoms with van der Waals surface area (Å²) in [6.07, 6.45) is 0.890. The molecule has 0 radical (unpaired) electrons. The Hall–Kier alpha value is -4.66. The number of H-pyrrole nitrogens is 1. The number of aromatic amines is 1. The zero-order valence-electron chi connectivity index (χ0n) is 25.9. The number of methoxy groups -OCH3 is 2. The third kappa shape index (κ3) is 4.80. The Kier molecular flexibility index (Phi) is 7.88. The minimum Gasteiger partial charge on any atom is -0.493 e. The van der Waals surface area contributed by atoms with Crippen LogP contribution in [0.15, 0.2) is 60.7 Å². The van der Waals surface area contributed by atoms with Gasteiger partial charge in [-0.1, -0.05) is 37.3 Å². The predicted octanol–water partition coefficient (Wildman–Crippen LogP) is 5.60. The zero-order valence-corrected chi connectivity index (χ0v) is 25.9. The molecule has 9 nitrogen and oxygen atoms in total. The SMILES string of the molecule is CCCOc1ccc([C@@H]2CN3C(=O)CN(Cc4ccc(OC)c(OC)c4)C(=O)[C@]3(C)c3[nH]c4ccccc4c32)cc1OCC. The number of fused-ring (bicyclic) bond motifs is 5. The lowest BCUT2D eigenvalue weighted by molar-refractivity contribution is -0.166. The second-order valence-corrected chi connectivity index (χ2v) is 11.4. The van der Waals surface area contributed by atoms with Crippen LogP contribution in [-0.2, 0) is 21.7 Å². The van der Waals surface area contributed by atoms with Crippen molar-refractivity contribution in [2.75, 3.05) is 40.5 Å². The van der Waals surface area contributed by atoms with Gasteiger partial charge in [0, 0.05) is 29.9 Å². The van der Waals surface area contributed by atoms with Crippen molar-refractivity contribution in [3.63, 3.8) is 0 Å². The van der Waals surface area contributed by atoms with Gasteiger partial charge in [0.15, 0.2) is 28.5 Å². The van der Waals surface area contributed by atoms with Crippen molar-refractivity contribution in [2.24, 2.45) is 0 Å². The van der Waals surface area contributed by atoms with Gasteiger partial charge in [0.1, 0.15) is 6.54 Å². The fourth-order valence-corrected chi connectivity index (χ4v) is 6.64. The number of aromatic nitrogens is 1. The van der Waals surface area contributed by atoms with Crippen molar-refractivity contribution >= 4 is 22.7 Å². The van der Waals surface area contributed by atoms with Crippen LogP contribution in [0.4, 0.5) is 0 Å². The summed E-state index contributed by atoms with van der Waals surface area (Å²) in [6, 6.07) is 19.7. The highest BCUT2D eigenvalue weighted by Crippen LogP contribution is 2.49. The second kappa shape index (κ2) is 11.8. The van der Waals surface area contributed by atoms with Gasteiger partial charge in [0.05, 0.1) is 33.1 Å². The summed E-state index contributed by atoms with van der Waals surface area (Å²) in [7, 11) is 3.16. The van der Waals surface area contributed by atoms with Crippen LogP contribution in [-0.4, -0.2) is 67.1 Å². The number of para-hydroxylation sites is 1. The van der Waals surface area contributed by atoms with E-state index in [1.54, 1.807) is 24.0 Å². The summed E-state index contributed by atoms with van der Waals surface area (Å²) in [5, 5.41) is 1.04. The van der Waals surface area contributed by atoms with Gasteiger partial charge in [0.2, 0.25) is 5.91 Å². The lowest BCUT2D eigenvalue weighted by Gasteiger charge is -2.51. The number of nitrogens with zero attached hydrogens (tertiary/aromatic N) is 2. The molecule has 1 N–H and O–H groups in total. The third-order valence-electron chi connectivity index (χ3n) is 8.77. The minimum absolute atomic E-state index is 0.0148. The molecule has 1 saturated heterocycles. The van der Waals surface area contributed by atoms with Crippen LogP contribution in [0.5, 0.6) is 23.0 Å². The molecule has 2 aliphatic heterocycles. The Morgan fingerprint density at radius 1 is 0.909 bits per heavy atom. The van der Waals surface area contributed by atoms with Crippen molar-refractivity contribution in [1.82, 2.24) is 14.8 Å². The third-order valence-corrected chi connectivity index (χ3v) is 8.77. The van der Waals surface area contributed by atoms with E-state index >= 15 is 0 Å². The number of benzene rings is 3. The maximum Gasteiger partial charge on any atom is 0.255 e. The van der Waals surface area contributed by atoms with Gasteiger partial charge in [0.25, 0.3) is 5.91 Å². The number of rotatable bonds is 10. The van der Waals surface area contributed by atoms with Gasteiger partial charge in [-0.2, -0.15) is 0 Å². The lowest BCUT2D eigenvalue weighted by atomic mass is 9.76. The molecule has 0 spiro atoms. The number of hydrogen-bond acceptors (Lipinski definition) is 6. The van der Waals surface area contributed by atoms with Crippen LogP contribution < -0.4 is 18.9 Å². The van der Waals surface area contributed by atoms with E-state index in [9.17, 15) is 9.59 Å². The molecule has 0 bridgehead atoms. The summed E-state index contributed by atoms with van der Waals surface area (Å²) >= 11 is 0. The average Bonchev–Trinajstić information content (AvgIpc) is 3.44. The zero-order chi connectivity index (χ0) is 31.0. The molecule has 3 aromatic carbocycles. The molecule has 2 aliphatic rings. The number of amides is 2. The van der Waals surface area contributed by atoms with E-state index < -0.39 is 5.54 Å². The molecule has 230 valence electrons. The minimum atomic E-state index is -1.20. The first-order chi connectivity index (χ1) is 21.3. The number of ether oxygens (including phenoxy) is 4. The quantitative estimate of drug-likeness (QED) is 0.256. The van der Waals surface area contributed by atoms with Crippen LogP contribution in [0.3, 0.4) is 0 Å². The van der Waals surface area contributed by atoms with E-state index in [1.807, 2.05) is 68.4 Å². The van der Waals surface area contributed by atoms with Crippen LogP contribution in [0.1, 0.15) is 55.5 Å². The lowest BCUT2D eigenvalue weighted by Crippen LogP contribution is -2.67. The molecule has 4 aromatic rings. The first-order valence-corrected chi connectivity index (χ1v) is 15.1. The Balaban J connectivity index is 1.43. The number of nitrogens with one attached hydrogen (secondary N) is 1. The van der Waals surface area contributed by atoms with Crippen molar-refractivity contribution in [3.8, 4) is 23.0 Å². The molecule has 1 fully saturated rings. The maximum absolute atomic E-state index is 14.5. The van der Waals surface area contributed by atoms with Crippen LogP contribution in [0.2, 0.25) is 0 Å². The molecule has 9 heteroatoms. The van der Waals surface area contributed by atoms with Crippen LogP contribution in [0.25, 0.3) is 10.9 Å². The molecule has 0 saturated carbocycles. The molecule has 3 heterocycles. The van der Waals surface area contributed by atoms with E-state index in [0.29, 0.717) is 42.8 Å². The summed E-state index contributed by atoms with van der Waals surface area (Å²) in [4.78, 5) is 35.4. The Labute approximate surface area is 257 Å². The van der Waals surface area contributed by atoms with E-state index in [0.717, 1.165) is 39.7 Å². The molecule has 6 rings (SSSR count). The maximum atomic E-state index is 14.5. The van der Waals surface area contributed by atoms with E-state index in [-0.39, 0.29) is 30.8 Å². The highest BCUT2D eigenvalue weighted by atomic mass is 16.5. The van der Waals surface area contributed by atoms with E-state index in [2.05, 4.69) is 18.0 Å². The predicted molar refractivity (Wildman–Crippen MR) is 168 cm³/mol. The molecular formula is C35H39N3O6. The summed E-state index contributed by atoms with van der Waals surface area (Å²) < 4.78 is 22.8. The monoisotopic (exact) mass is 597 g/mol. The number of hydrogen-bond donors (Lipinski definition) is 1. The highest BCUT2D eigenvalue weighted by Gasteiger charge is 2.56. The molecule has 44 heavy (non-hydrogen) atoms. The van der Waals surface area contributed by atoms with Gasteiger partial charge in [-0.25, -0.2) is 0 Å². The van der Waals surface area contributed by atoms with Crippen molar-refractivity contribution in [2.45, 2.75) is 45.2 Å². The van der Waals surface area contributed by atoms with Gasteiger partial charge < -0.3 is 33.7 Å². The standard InChI is InChI=1S/C35H39N3O6/c1-6-16-44-28-15-13-23(18-30(28)43-7-2)25-20-38-31(39)21-37(19-22-12-14-27(41-4)29(17-22)42-5)34(40)35(38,3)33-32(25)24-10-8-9-11-26(24)36-33/h8-15,17-18,25,36H,6-7,16,19-21H2,1-5H3/t25-,35-/m0/s1. The van der Waals surface area contributed by atoms with Crippen molar-refractivity contribution in [3.05, 3.63) is 83.0 Å². The van der Waals surface area contributed by atoms with Crippen molar-refractivity contribution in [1.29, 1.82) is 0 Å². The molecular weight excluding hydrogens is 558 g/mol. The summed E-state index contributed by atoms with van der Waals surface area (Å²) in [6.45, 7) is 7.60. The van der Waals surface area contributed by atoms with Crippen molar-refractivity contribution < 1.29 is 28.5 Å². The normalized spacial score (nSPS) is 19.5. The number of carbonyl (C=O) groups excluding carboxylic acids is 2. The first-order valence-electron chi connectivity index (χ1n) is 15.1. The van der Waals surface area contributed by atoms with Gasteiger partial charge in [-0.05, 0) is 67.3 Å². The summed E-state index contributed by atoms with van der Waals surface area (Å²) in [5.41, 5.74) is 3.34.